The SMILES string of the molecule is CCCOc1c(CNc2ccc(C)c(C)c2)cc(Cl)cc1OC. The maximum absolute atomic E-state index is 6.20. The first-order chi connectivity index (χ1) is 11.0. The predicted molar refractivity (Wildman–Crippen MR) is 97.0 cm³/mol. The highest BCUT2D eigenvalue weighted by Gasteiger charge is 2.13. The Hall–Kier alpha value is -1.87. The summed E-state index contributed by atoms with van der Waals surface area (Å²) in [6.45, 7) is 7.57. The number of nitrogens with one attached hydrogen (secondary N) is 1. The number of rotatable bonds is 7. The van der Waals surface area contributed by atoms with Crippen LogP contribution in [0.4, 0.5) is 5.69 Å². The third-order valence-corrected chi connectivity index (χ3v) is 3.98. The minimum atomic E-state index is 0.623. The molecule has 0 aliphatic carbocycles. The van der Waals surface area contributed by atoms with Crippen LogP contribution in [0.1, 0.15) is 30.0 Å². The summed E-state index contributed by atoms with van der Waals surface area (Å²) >= 11 is 6.20. The molecule has 2 aromatic carbocycles. The molecule has 0 amide bonds. The molecule has 0 aliphatic heterocycles. The van der Waals surface area contributed by atoms with Crippen molar-refractivity contribution in [2.75, 3.05) is 19.0 Å². The first-order valence-corrected chi connectivity index (χ1v) is 8.23. The second-order valence-corrected chi connectivity index (χ2v) is 6.03. The summed E-state index contributed by atoms with van der Waals surface area (Å²) in [4.78, 5) is 0. The number of halogens is 1. The Bertz CT molecular complexity index is 671. The number of hydrogen-bond donors (Lipinski definition) is 1. The number of anilines is 1. The van der Waals surface area contributed by atoms with Gasteiger partial charge in [-0.1, -0.05) is 24.6 Å². The fourth-order valence-corrected chi connectivity index (χ4v) is 2.55. The van der Waals surface area contributed by atoms with Crippen LogP contribution in [0.5, 0.6) is 11.5 Å². The van der Waals surface area contributed by atoms with E-state index in [9.17, 15) is 0 Å². The molecule has 0 saturated carbocycles. The Labute approximate surface area is 143 Å². The highest BCUT2D eigenvalue weighted by atomic mass is 35.5. The zero-order chi connectivity index (χ0) is 16.8. The van der Waals surface area contributed by atoms with Crippen molar-refractivity contribution in [2.45, 2.75) is 33.7 Å². The predicted octanol–water partition coefficient (Wildman–Crippen LogP) is 5.37. The van der Waals surface area contributed by atoms with Crippen LogP contribution in [0, 0.1) is 13.8 Å². The summed E-state index contributed by atoms with van der Waals surface area (Å²) in [6.07, 6.45) is 0.940. The van der Waals surface area contributed by atoms with Gasteiger partial charge in [0.1, 0.15) is 0 Å². The van der Waals surface area contributed by atoms with E-state index in [1.54, 1.807) is 13.2 Å². The molecule has 4 heteroatoms. The molecular formula is C19H24ClNO2. The average molecular weight is 334 g/mol. The van der Waals surface area contributed by atoms with E-state index in [0.717, 1.165) is 23.4 Å². The highest BCUT2D eigenvalue weighted by Crippen LogP contribution is 2.35. The van der Waals surface area contributed by atoms with E-state index in [0.29, 0.717) is 23.9 Å². The summed E-state index contributed by atoms with van der Waals surface area (Å²) < 4.78 is 11.3. The second-order valence-electron chi connectivity index (χ2n) is 5.60. The van der Waals surface area contributed by atoms with Gasteiger partial charge in [-0.15, -0.1) is 0 Å². The summed E-state index contributed by atoms with van der Waals surface area (Å²) in [5.41, 5.74) is 4.61. The number of methoxy groups -OCH3 is 1. The molecule has 0 bridgehead atoms. The van der Waals surface area contributed by atoms with Gasteiger partial charge < -0.3 is 14.8 Å². The molecule has 0 aromatic heterocycles. The van der Waals surface area contributed by atoms with Crippen molar-refractivity contribution in [3.05, 3.63) is 52.0 Å². The van der Waals surface area contributed by atoms with Crippen molar-refractivity contribution in [3.8, 4) is 11.5 Å². The van der Waals surface area contributed by atoms with Gasteiger partial charge in [0.2, 0.25) is 0 Å². The van der Waals surface area contributed by atoms with Crippen LogP contribution >= 0.6 is 11.6 Å². The molecule has 0 spiro atoms. The van der Waals surface area contributed by atoms with Crippen LogP contribution in [0.25, 0.3) is 0 Å². The number of hydrogen-bond acceptors (Lipinski definition) is 3. The third-order valence-electron chi connectivity index (χ3n) is 3.76. The second kappa shape index (κ2) is 8.11. The molecule has 23 heavy (non-hydrogen) atoms. The van der Waals surface area contributed by atoms with Crippen molar-refractivity contribution in [1.29, 1.82) is 0 Å². The molecule has 0 radical (unpaired) electrons. The summed E-state index contributed by atoms with van der Waals surface area (Å²) in [7, 11) is 1.63. The Morgan fingerprint density at radius 1 is 1.09 bits per heavy atom. The lowest BCUT2D eigenvalue weighted by molar-refractivity contribution is 0.291. The van der Waals surface area contributed by atoms with Crippen LogP contribution in [-0.4, -0.2) is 13.7 Å². The van der Waals surface area contributed by atoms with Gasteiger partial charge >= 0.3 is 0 Å². The molecule has 124 valence electrons. The molecule has 2 rings (SSSR count). The summed E-state index contributed by atoms with van der Waals surface area (Å²) in [5.74, 6) is 1.43. The molecule has 0 atom stereocenters. The van der Waals surface area contributed by atoms with E-state index in [1.807, 2.05) is 6.07 Å². The van der Waals surface area contributed by atoms with Crippen molar-refractivity contribution in [2.24, 2.45) is 0 Å². The van der Waals surface area contributed by atoms with Gasteiger partial charge in [0, 0.05) is 28.9 Å². The van der Waals surface area contributed by atoms with E-state index in [2.05, 4.69) is 44.3 Å². The lowest BCUT2D eigenvalue weighted by Gasteiger charge is -2.16. The number of benzene rings is 2. The fraction of sp³-hybridized carbons (Fsp3) is 0.368. The first kappa shape index (κ1) is 17.5. The lowest BCUT2D eigenvalue weighted by atomic mass is 10.1. The molecule has 0 heterocycles. The zero-order valence-electron chi connectivity index (χ0n) is 14.2. The maximum atomic E-state index is 6.20. The largest absolute Gasteiger partial charge is 0.493 e. The van der Waals surface area contributed by atoms with E-state index < -0.39 is 0 Å². The smallest absolute Gasteiger partial charge is 0.166 e. The van der Waals surface area contributed by atoms with Crippen molar-refractivity contribution >= 4 is 17.3 Å². The summed E-state index contributed by atoms with van der Waals surface area (Å²) in [5, 5.41) is 4.07. The normalized spacial score (nSPS) is 10.5. The van der Waals surface area contributed by atoms with Crippen LogP contribution in [0.2, 0.25) is 5.02 Å². The van der Waals surface area contributed by atoms with Gasteiger partial charge in [0.05, 0.1) is 13.7 Å². The van der Waals surface area contributed by atoms with Gasteiger partial charge in [-0.2, -0.15) is 0 Å². The topological polar surface area (TPSA) is 30.5 Å². The quantitative estimate of drug-likeness (QED) is 0.739. The van der Waals surface area contributed by atoms with Crippen molar-refractivity contribution in [3.63, 3.8) is 0 Å². The van der Waals surface area contributed by atoms with Crippen LogP contribution in [0.3, 0.4) is 0 Å². The fourth-order valence-electron chi connectivity index (χ4n) is 2.32. The maximum Gasteiger partial charge on any atom is 0.166 e. The lowest BCUT2D eigenvalue weighted by Crippen LogP contribution is -2.06. The monoisotopic (exact) mass is 333 g/mol. The van der Waals surface area contributed by atoms with Gasteiger partial charge in [-0.3, -0.25) is 0 Å². The van der Waals surface area contributed by atoms with E-state index in [1.165, 1.54) is 11.1 Å². The molecule has 0 aliphatic rings. The van der Waals surface area contributed by atoms with Gasteiger partial charge in [-0.05, 0) is 49.6 Å². The number of aryl methyl sites for hydroxylation is 2. The van der Waals surface area contributed by atoms with Crippen LogP contribution in [-0.2, 0) is 6.54 Å². The Morgan fingerprint density at radius 3 is 2.52 bits per heavy atom. The van der Waals surface area contributed by atoms with Gasteiger partial charge in [0.25, 0.3) is 0 Å². The molecular weight excluding hydrogens is 310 g/mol. The Balaban J connectivity index is 2.23. The summed E-state index contributed by atoms with van der Waals surface area (Å²) in [6, 6.07) is 10.0. The highest BCUT2D eigenvalue weighted by molar-refractivity contribution is 6.30. The van der Waals surface area contributed by atoms with Crippen molar-refractivity contribution in [1.82, 2.24) is 0 Å². The van der Waals surface area contributed by atoms with Gasteiger partial charge in [0.15, 0.2) is 11.5 Å². The Morgan fingerprint density at radius 2 is 1.87 bits per heavy atom. The van der Waals surface area contributed by atoms with Gasteiger partial charge in [-0.25, -0.2) is 0 Å². The van der Waals surface area contributed by atoms with Crippen LogP contribution in [0.15, 0.2) is 30.3 Å². The standard InChI is InChI=1S/C19H24ClNO2/c1-5-8-23-19-15(10-16(20)11-18(19)22-4)12-21-17-7-6-13(2)14(3)9-17/h6-7,9-11,21H,5,8,12H2,1-4H3. The third kappa shape index (κ3) is 4.55. The molecule has 2 aromatic rings. The molecule has 0 saturated heterocycles. The first-order valence-electron chi connectivity index (χ1n) is 7.85. The van der Waals surface area contributed by atoms with Crippen molar-refractivity contribution < 1.29 is 9.47 Å². The zero-order valence-corrected chi connectivity index (χ0v) is 15.0. The molecule has 0 unspecified atom stereocenters. The molecule has 1 N–H and O–H groups in total. The van der Waals surface area contributed by atoms with Crippen LogP contribution < -0.4 is 14.8 Å². The van der Waals surface area contributed by atoms with E-state index in [-0.39, 0.29) is 0 Å². The minimum absolute atomic E-state index is 0.623. The Kier molecular flexibility index (Phi) is 6.17. The van der Waals surface area contributed by atoms with E-state index >= 15 is 0 Å². The minimum Gasteiger partial charge on any atom is -0.493 e. The number of ether oxygens (including phenoxy) is 2. The average Bonchev–Trinajstić information content (AvgIpc) is 2.54. The van der Waals surface area contributed by atoms with E-state index in [4.69, 9.17) is 21.1 Å². The molecule has 0 fully saturated rings. The molecule has 3 nitrogen and oxygen atoms in total.